The topological polar surface area (TPSA) is 26.8 Å². The molecule has 49 heavy (non-hydrogen) atoms. The molecule has 9 aromatic rings. The number of benzene rings is 5. The zero-order chi connectivity index (χ0) is 32.5. The van der Waals surface area contributed by atoms with Gasteiger partial charge in [0.1, 0.15) is 28.3 Å². The van der Waals surface area contributed by atoms with Gasteiger partial charge in [-0.3, -0.25) is 0 Å². The summed E-state index contributed by atoms with van der Waals surface area (Å²) in [5, 5.41) is 5.20. The molecule has 1 unspecified atom stereocenters. The Kier molecular flexibility index (Phi) is 4.53. The summed E-state index contributed by atoms with van der Waals surface area (Å²) >= 11 is 1.91. The molecular formula is C43H30N4OS+2. The first kappa shape index (κ1) is 26.3. The van der Waals surface area contributed by atoms with E-state index in [0.717, 1.165) is 22.9 Å². The fraction of sp³-hybridized carbons (Fsp3) is 0.116. The van der Waals surface area contributed by atoms with Crippen molar-refractivity contribution in [2.75, 3.05) is 0 Å². The van der Waals surface area contributed by atoms with Crippen molar-refractivity contribution >= 4 is 53.4 Å². The Labute approximate surface area is 286 Å². The van der Waals surface area contributed by atoms with E-state index in [2.05, 4.69) is 156 Å². The number of thiophene rings is 1. The monoisotopic (exact) mass is 650 g/mol. The maximum Gasteiger partial charge on any atom is 0.397 e. The summed E-state index contributed by atoms with van der Waals surface area (Å²) < 4.78 is 19.6. The van der Waals surface area contributed by atoms with E-state index in [0.29, 0.717) is 0 Å². The molecule has 3 aliphatic heterocycles. The molecule has 232 valence electrons. The van der Waals surface area contributed by atoms with Gasteiger partial charge in [-0.05, 0) is 98.1 Å². The number of nitrogens with zero attached hydrogens (tertiary/aromatic N) is 4. The molecule has 3 aliphatic rings. The van der Waals surface area contributed by atoms with Crippen LogP contribution in [0.4, 0.5) is 0 Å². The van der Waals surface area contributed by atoms with Gasteiger partial charge in [-0.15, -0.1) is 16.0 Å². The van der Waals surface area contributed by atoms with Crippen molar-refractivity contribution in [1.82, 2.24) is 9.25 Å². The van der Waals surface area contributed by atoms with E-state index in [4.69, 9.17) is 4.74 Å². The Balaban J connectivity index is 1.28. The van der Waals surface area contributed by atoms with E-state index < -0.39 is 5.66 Å². The largest absolute Gasteiger partial charge is 0.456 e. The van der Waals surface area contributed by atoms with Crippen molar-refractivity contribution in [3.8, 4) is 34.0 Å². The van der Waals surface area contributed by atoms with Gasteiger partial charge in [0.25, 0.3) is 0 Å². The number of ether oxygens (including phenoxy) is 1. The van der Waals surface area contributed by atoms with Crippen molar-refractivity contribution < 1.29 is 14.0 Å². The smallest absolute Gasteiger partial charge is 0.397 e. The second-order valence-corrected chi connectivity index (χ2v) is 14.9. The number of fused-ring (bicyclic) bond motifs is 9. The average molecular weight is 651 g/mol. The second kappa shape index (κ2) is 8.46. The molecule has 0 amide bonds. The summed E-state index contributed by atoms with van der Waals surface area (Å²) in [6.45, 7) is 9.25. The minimum absolute atomic E-state index is 0.698. The van der Waals surface area contributed by atoms with Crippen molar-refractivity contribution in [2.45, 2.75) is 33.4 Å². The highest BCUT2D eigenvalue weighted by atomic mass is 32.1. The normalized spacial score (nSPS) is 16.4. The number of aromatic nitrogens is 4. The molecule has 0 aliphatic carbocycles. The predicted octanol–water partition coefficient (Wildman–Crippen LogP) is 9.45. The first-order valence-electron chi connectivity index (χ1n) is 17.0. The minimum Gasteiger partial charge on any atom is -0.456 e. The van der Waals surface area contributed by atoms with Crippen LogP contribution in [0.15, 0.2) is 109 Å². The van der Waals surface area contributed by atoms with Crippen LogP contribution in [0.1, 0.15) is 33.6 Å². The summed E-state index contributed by atoms with van der Waals surface area (Å²) in [6, 6.07) is 37.7. The quantitative estimate of drug-likeness (QED) is 0.163. The van der Waals surface area contributed by atoms with Crippen molar-refractivity contribution in [3.05, 3.63) is 143 Å². The highest BCUT2D eigenvalue weighted by Crippen LogP contribution is 2.56. The van der Waals surface area contributed by atoms with Crippen LogP contribution in [0.2, 0.25) is 0 Å². The summed E-state index contributed by atoms with van der Waals surface area (Å²) in [5.41, 5.74) is 14.2. The van der Waals surface area contributed by atoms with E-state index in [9.17, 15) is 0 Å². The number of hydrogen-bond acceptors (Lipinski definition) is 2. The van der Waals surface area contributed by atoms with Gasteiger partial charge in [0.15, 0.2) is 11.3 Å². The number of para-hydroxylation sites is 1. The first-order chi connectivity index (χ1) is 24.0. The Morgan fingerprint density at radius 1 is 0.673 bits per heavy atom. The van der Waals surface area contributed by atoms with E-state index >= 15 is 0 Å². The number of aryl methyl sites for hydroxylation is 2. The molecule has 0 saturated heterocycles. The third-order valence-electron chi connectivity index (χ3n) is 11.6. The van der Waals surface area contributed by atoms with Crippen LogP contribution in [-0.2, 0) is 5.66 Å². The summed E-state index contributed by atoms with van der Waals surface area (Å²) in [7, 11) is 0. The van der Waals surface area contributed by atoms with Gasteiger partial charge < -0.3 is 4.74 Å². The molecule has 1 atom stereocenters. The average Bonchev–Trinajstić information content (AvgIpc) is 3.83. The lowest BCUT2D eigenvalue weighted by molar-refractivity contribution is -0.990. The van der Waals surface area contributed by atoms with Crippen LogP contribution >= 0.6 is 11.3 Å². The summed E-state index contributed by atoms with van der Waals surface area (Å²) in [4.78, 5) is 0. The minimum atomic E-state index is -0.698. The van der Waals surface area contributed by atoms with Gasteiger partial charge in [0.2, 0.25) is 5.69 Å². The van der Waals surface area contributed by atoms with E-state index in [-0.39, 0.29) is 0 Å². The lowest BCUT2D eigenvalue weighted by atomic mass is 9.83. The molecule has 5 aromatic carbocycles. The Bertz CT molecular complexity index is 3030. The van der Waals surface area contributed by atoms with E-state index in [1.807, 2.05) is 11.3 Å². The van der Waals surface area contributed by atoms with Gasteiger partial charge >= 0.3 is 11.3 Å². The van der Waals surface area contributed by atoms with E-state index in [1.165, 1.54) is 86.9 Å². The number of pyridine rings is 1. The second-order valence-electron chi connectivity index (χ2n) is 13.9. The van der Waals surface area contributed by atoms with Crippen molar-refractivity contribution in [3.63, 3.8) is 0 Å². The fourth-order valence-electron chi connectivity index (χ4n) is 9.91. The molecule has 6 heteroatoms. The third-order valence-corrected chi connectivity index (χ3v) is 12.9. The van der Waals surface area contributed by atoms with Gasteiger partial charge in [-0.1, -0.05) is 47.1 Å². The molecule has 5 nitrogen and oxygen atoms in total. The number of rotatable bonds is 1. The van der Waals surface area contributed by atoms with Crippen LogP contribution in [0.25, 0.3) is 64.6 Å². The molecule has 0 fully saturated rings. The maximum absolute atomic E-state index is 6.87. The molecule has 7 heterocycles. The van der Waals surface area contributed by atoms with Crippen LogP contribution in [0.5, 0.6) is 11.5 Å². The Morgan fingerprint density at radius 2 is 1.39 bits per heavy atom. The molecule has 0 bridgehead atoms. The summed E-state index contributed by atoms with van der Waals surface area (Å²) in [6.07, 6.45) is 2.28. The number of hydrogen-bond donors (Lipinski definition) is 0. The maximum atomic E-state index is 6.87. The van der Waals surface area contributed by atoms with Gasteiger partial charge in [-0.2, -0.15) is 9.13 Å². The van der Waals surface area contributed by atoms with Gasteiger partial charge in [0, 0.05) is 32.5 Å². The predicted molar refractivity (Wildman–Crippen MR) is 196 cm³/mol. The van der Waals surface area contributed by atoms with Gasteiger partial charge in [0.05, 0.1) is 22.8 Å². The van der Waals surface area contributed by atoms with Crippen LogP contribution in [0, 0.1) is 27.7 Å². The Hall–Kier alpha value is -5.72. The highest BCUT2D eigenvalue weighted by Gasteiger charge is 2.70. The first-order valence-corrected chi connectivity index (χ1v) is 17.8. The molecule has 12 rings (SSSR count). The Morgan fingerprint density at radius 3 is 2.22 bits per heavy atom. The zero-order valence-electron chi connectivity index (χ0n) is 27.5. The van der Waals surface area contributed by atoms with Crippen LogP contribution in [0.3, 0.4) is 0 Å². The lowest BCUT2D eigenvalue weighted by Gasteiger charge is -2.33. The molecule has 0 radical (unpaired) electrons. The lowest BCUT2D eigenvalue weighted by Crippen LogP contribution is -2.77. The van der Waals surface area contributed by atoms with E-state index in [1.54, 1.807) is 0 Å². The molecule has 0 saturated carbocycles. The highest BCUT2D eigenvalue weighted by molar-refractivity contribution is 7.26. The van der Waals surface area contributed by atoms with Gasteiger partial charge in [-0.25, -0.2) is 0 Å². The zero-order valence-corrected chi connectivity index (χ0v) is 28.3. The molecule has 4 aromatic heterocycles. The summed E-state index contributed by atoms with van der Waals surface area (Å²) in [5.74, 6) is 1.81. The molecular weight excluding hydrogens is 621 g/mol. The van der Waals surface area contributed by atoms with Crippen LogP contribution < -0.4 is 14.0 Å². The van der Waals surface area contributed by atoms with Crippen LogP contribution in [-0.4, -0.2) is 9.25 Å². The standard InChI is InChI=1S/C43H30N4OS/c1-23-22-30-28-13-6-8-20-36(28)49-41(30)24(2)37(23)38-25(3)46-33-17-10-19-35-40(33)43(47(46)26(38)4)39-32(16-9-18-34(39)48-35)45-31-15-7-5-12-27(31)29-14-11-21-44(43)42(29)45/h5-22H,1-4H3/q+2. The van der Waals surface area contributed by atoms with Crippen molar-refractivity contribution in [1.29, 1.82) is 0 Å². The molecule has 1 spiro atoms. The SMILES string of the molecule is Cc1cc2c(sc3ccccc32)c(C)c1-c1c(C)n2[n+](c1C)C13c4c(cccc4-n4c5ccccc5c5ccc[n+]1c54)Oc1cccc-2c13. The molecule has 0 N–H and O–H groups in total. The third kappa shape index (κ3) is 2.74. The van der Waals surface area contributed by atoms with Crippen molar-refractivity contribution in [2.24, 2.45) is 0 Å². The fourth-order valence-corrected chi connectivity index (χ4v) is 11.1.